The van der Waals surface area contributed by atoms with Crippen molar-refractivity contribution in [3.63, 3.8) is 0 Å². The van der Waals surface area contributed by atoms with Crippen molar-refractivity contribution >= 4 is 11.8 Å². The molecule has 0 aliphatic heterocycles. The normalized spacial score (nSPS) is 17.7. The molecule has 1 aliphatic rings. The summed E-state index contributed by atoms with van der Waals surface area (Å²) in [6.45, 7) is 7.66. The van der Waals surface area contributed by atoms with Crippen LogP contribution in [0, 0.1) is 0 Å². The molecule has 0 saturated carbocycles. The second-order valence-corrected chi connectivity index (χ2v) is 4.99. The van der Waals surface area contributed by atoms with Crippen molar-refractivity contribution in [2.24, 2.45) is 0 Å². The molecule has 21 heavy (non-hydrogen) atoms. The van der Waals surface area contributed by atoms with Gasteiger partial charge < -0.3 is 9.84 Å². The fraction of sp³-hybridized carbons (Fsp3) is 0.647. The molecule has 0 heterocycles. The van der Waals surface area contributed by atoms with Crippen LogP contribution in [0.15, 0.2) is 23.8 Å². The number of unbranched alkanes of at least 4 members (excludes halogenated alkanes) is 1. The first kappa shape index (κ1) is 19.6. The lowest BCUT2D eigenvalue weighted by atomic mass is 10.1. The highest BCUT2D eigenvalue weighted by molar-refractivity contribution is 5.98. The number of rotatable bonds is 7. The number of esters is 1. The molecule has 4 heteroatoms. The number of carbonyl (C=O) groups excluding carboxylic acids is 2. The van der Waals surface area contributed by atoms with Gasteiger partial charge >= 0.3 is 5.97 Å². The molecule has 1 atom stereocenters. The molecule has 4 nitrogen and oxygen atoms in total. The Morgan fingerprint density at radius 1 is 1.43 bits per heavy atom. The minimum Gasteiger partial charge on any atom is -0.463 e. The fourth-order valence-corrected chi connectivity index (χ4v) is 1.90. The summed E-state index contributed by atoms with van der Waals surface area (Å²) in [5.74, 6) is -0.141. The van der Waals surface area contributed by atoms with E-state index in [-0.39, 0.29) is 24.3 Å². The lowest BCUT2D eigenvalue weighted by Crippen LogP contribution is -2.10. The Morgan fingerprint density at radius 2 is 2.10 bits per heavy atom. The van der Waals surface area contributed by atoms with Crippen molar-refractivity contribution in [2.45, 2.75) is 72.0 Å². The van der Waals surface area contributed by atoms with Crippen LogP contribution in [0.4, 0.5) is 0 Å². The highest BCUT2D eigenvalue weighted by Crippen LogP contribution is 2.18. The third-order valence-electron chi connectivity index (χ3n) is 2.77. The van der Waals surface area contributed by atoms with Crippen LogP contribution >= 0.6 is 0 Å². The van der Waals surface area contributed by atoms with Crippen LogP contribution in [0.3, 0.4) is 0 Å². The van der Waals surface area contributed by atoms with Gasteiger partial charge in [0.1, 0.15) is 0 Å². The number of ketones is 1. The Hall–Kier alpha value is -1.42. The predicted octanol–water partition coefficient (Wildman–Crippen LogP) is 3.34. The Balaban J connectivity index is 0.00000191. The van der Waals surface area contributed by atoms with E-state index in [1.807, 2.05) is 39.8 Å². The average molecular weight is 296 g/mol. The van der Waals surface area contributed by atoms with Gasteiger partial charge in [0.25, 0.3) is 0 Å². The molecule has 0 bridgehead atoms. The van der Waals surface area contributed by atoms with E-state index >= 15 is 0 Å². The van der Waals surface area contributed by atoms with E-state index in [9.17, 15) is 14.7 Å². The van der Waals surface area contributed by atoms with E-state index in [4.69, 9.17) is 4.74 Å². The van der Waals surface area contributed by atoms with Gasteiger partial charge in [0, 0.05) is 12.8 Å². The molecule has 0 spiro atoms. The maximum Gasteiger partial charge on any atom is 0.306 e. The van der Waals surface area contributed by atoms with Crippen LogP contribution in [0.5, 0.6) is 0 Å². The standard InChI is InChI=1S/C15H22O4.C2H6/c1-11(2)19-15(18)8-6-4-3-5-7-12-9-13(16)10-14(12)17;1-2/h3,5,9,11,13,16H,4,6-8,10H2,1-2H3;1-2H3/b5-3-;. The number of aliphatic hydroxyl groups is 1. The number of hydrogen-bond donors (Lipinski definition) is 1. The molecule has 1 N–H and O–H groups in total. The minimum atomic E-state index is -0.610. The zero-order valence-electron chi connectivity index (χ0n) is 13.6. The summed E-state index contributed by atoms with van der Waals surface area (Å²) < 4.78 is 5.02. The van der Waals surface area contributed by atoms with Gasteiger partial charge in [-0.05, 0) is 44.8 Å². The van der Waals surface area contributed by atoms with Crippen molar-refractivity contribution in [1.82, 2.24) is 0 Å². The zero-order valence-corrected chi connectivity index (χ0v) is 13.6. The van der Waals surface area contributed by atoms with Crippen LogP contribution in [0.1, 0.15) is 59.8 Å². The molecular weight excluding hydrogens is 268 g/mol. The zero-order chi connectivity index (χ0) is 16.3. The molecule has 0 radical (unpaired) electrons. The number of ether oxygens (including phenoxy) is 1. The van der Waals surface area contributed by atoms with Crippen LogP contribution in [-0.2, 0) is 14.3 Å². The van der Waals surface area contributed by atoms with E-state index in [0.717, 1.165) is 12.8 Å². The second kappa shape index (κ2) is 11.3. The largest absolute Gasteiger partial charge is 0.463 e. The highest BCUT2D eigenvalue weighted by atomic mass is 16.5. The molecule has 0 aromatic heterocycles. The molecular formula is C17H28O4. The number of carbonyl (C=O) groups is 2. The lowest BCUT2D eigenvalue weighted by Gasteiger charge is -2.06. The van der Waals surface area contributed by atoms with E-state index in [0.29, 0.717) is 18.4 Å². The van der Waals surface area contributed by atoms with E-state index in [2.05, 4.69) is 0 Å². The second-order valence-electron chi connectivity index (χ2n) is 4.99. The fourth-order valence-electron chi connectivity index (χ4n) is 1.90. The van der Waals surface area contributed by atoms with E-state index in [1.54, 1.807) is 6.08 Å². The molecule has 1 unspecified atom stereocenters. The van der Waals surface area contributed by atoms with Gasteiger partial charge in [-0.15, -0.1) is 0 Å². The molecule has 0 amide bonds. The maximum absolute atomic E-state index is 11.4. The van der Waals surface area contributed by atoms with Crippen LogP contribution in [-0.4, -0.2) is 29.1 Å². The number of aliphatic hydroxyl groups excluding tert-OH is 1. The highest BCUT2D eigenvalue weighted by Gasteiger charge is 2.20. The van der Waals surface area contributed by atoms with Crippen LogP contribution < -0.4 is 0 Å². The summed E-state index contributed by atoms with van der Waals surface area (Å²) in [6.07, 6.45) is 7.55. The predicted molar refractivity (Wildman–Crippen MR) is 83.9 cm³/mol. The SMILES string of the molecule is CC.CC(C)OC(=O)CCC/C=C\CC1=CC(O)CC1=O. The molecule has 0 aromatic rings. The van der Waals surface area contributed by atoms with E-state index < -0.39 is 6.10 Å². The number of allylic oxidation sites excluding steroid dienone is 3. The summed E-state index contributed by atoms with van der Waals surface area (Å²) in [5.41, 5.74) is 0.683. The first-order valence-electron chi connectivity index (χ1n) is 7.75. The Morgan fingerprint density at radius 3 is 2.62 bits per heavy atom. The molecule has 0 fully saturated rings. The summed E-state index contributed by atoms with van der Waals surface area (Å²) in [6, 6.07) is 0. The molecule has 0 saturated heterocycles. The number of hydrogen-bond acceptors (Lipinski definition) is 4. The monoisotopic (exact) mass is 296 g/mol. The Labute approximate surface area is 127 Å². The smallest absolute Gasteiger partial charge is 0.306 e. The van der Waals surface area contributed by atoms with Gasteiger partial charge in [-0.25, -0.2) is 0 Å². The minimum absolute atomic E-state index is 0.0256. The Bertz CT molecular complexity index is 380. The van der Waals surface area contributed by atoms with Crippen molar-refractivity contribution in [3.8, 4) is 0 Å². The molecule has 1 rings (SSSR count). The van der Waals surface area contributed by atoms with Gasteiger partial charge in [-0.3, -0.25) is 9.59 Å². The summed E-state index contributed by atoms with van der Waals surface area (Å²) in [7, 11) is 0. The van der Waals surface area contributed by atoms with Crippen molar-refractivity contribution < 1.29 is 19.4 Å². The average Bonchev–Trinajstić information content (AvgIpc) is 2.73. The lowest BCUT2D eigenvalue weighted by molar-refractivity contribution is -0.147. The van der Waals surface area contributed by atoms with Crippen molar-refractivity contribution in [3.05, 3.63) is 23.8 Å². The quantitative estimate of drug-likeness (QED) is 0.444. The van der Waals surface area contributed by atoms with Gasteiger partial charge in [-0.2, -0.15) is 0 Å². The molecule has 120 valence electrons. The maximum atomic E-state index is 11.4. The van der Waals surface area contributed by atoms with Gasteiger partial charge in [0.05, 0.1) is 12.2 Å². The number of Topliss-reactive ketones (excluding diaryl/α,β-unsaturated/α-hetero) is 1. The summed E-state index contributed by atoms with van der Waals surface area (Å²) in [5, 5.41) is 9.27. The molecule has 1 aliphatic carbocycles. The third kappa shape index (κ3) is 9.19. The topological polar surface area (TPSA) is 63.6 Å². The van der Waals surface area contributed by atoms with Crippen LogP contribution in [0.25, 0.3) is 0 Å². The first-order chi connectivity index (χ1) is 9.99. The van der Waals surface area contributed by atoms with Gasteiger partial charge in [-0.1, -0.05) is 26.0 Å². The van der Waals surface area contributed by atoms with Gasteiger partial charge in [0.2, 0.25) is 0 Å². The van der Waals surface area contributed by atoms with Crippen LogP contribution in [0.2, 0.25) is 0 Å². The third-order valence-corrected chi connectivity index (χ3v) is 2.77. The van der Waals surface area contributed by atoms with Crippen molar-refractivity contribution in [2.75, 3.05) is 0 Å². The van der Waals surface area contributed by atoms with Crippen molar-refractivity contribution in [1.29, 1.82) is 0 Å². The van der Waals surface area contributed by atoms with E-state index in [1.165, 1.54) is 0 Å². The molecule has 0 aromatic carbocycles. The first-order valence-corrected chi connectivity index (χ1v) is 7.75. The summed E-state index contributed by atoms with van der Waals surface area (Å²) >= 11 is 0. The Kier molecular flexibility index (Phi) is 10.5. The summed E-state index contributed by atoms with van der Waals surface area (Å²) in [4.78, 5) is 22.6. The van der Waals surface area contributed by atoms with Gasteiger partial charge in [0.15, 0.2) is 5.78 Å².